The normalized spacial score (nSPS) is 17.1. The van der Waals surface area contributed by atoms with Crippen molar-refractivity contribution < 1.29 is 9.59 Å². The second-order valence-corrected chi connectivity index (χ2v) is 3.68. The zero-order valence-electron chi connectivity index (χ0n) is 9.38. The highest BCUT2D eigenvalue weighted by molar-refractivity contribution is 6.37. The summed E-state index contributed by atoms with van der Waals surface area (Å²) in [6.45, 7) is 1.39. The molecule has 1 aliphatic carbocycles. The molecule has 1 amide bonds. The van der Waals surface area contributed by atoms with Gasteiger partial charge in [0.2, 0.25) is 5.91 Å². The SMILES string of the molecule is CC(=O)N=C1C=CC(=O)C=C1c1ccccc1. The molecule has 17 heavy (non-hydrogen) atoms. The van der Waals surface area contributed by atoms with Gasteiger partial charge in [0.1, 0.15) is 0 Å². The number of hydrogen-bond donors (Lipinski definition) is 0. The van der Waals surface area contributed by atoms with Crippen molar-refractivity contribution in [1.29, 1.82) is 0 Å². The molecule has 1 aromatic rings. The van der Waals surface area contributed by atoms with Crippen LogP contribution in [0.4, 0.5) is 0 Å². The number of nitrogens with zero attached hydrogens (tertiary/aromatic N) is 1. The number of rotatable bonds is 1. The first kappa shape index (κ1) is 11.2. The predicted molar refractivity (Wildman–Crippen MR) is 66.7 cm³/mol. The summed E-state index contributed by atoms with van der Waals surface area (Å²) in [7, 11) is 0. The Balaban J connectivity index is 2.48. The zero-order chi connectivity index (χ0) is 12.3. The van der Waals surface area contributed by atoms with Crippen LogP contribution in [0, 0.1) is 0 Å². The van der Waals surface area contributed by atoms with E-state index in [-0.39, 0.29) is 11.7 Å². The van der Waals surface area contributed by atoms with Crippen molar-refractivity contribution in [3.8, 4) is 0 Å². The van der Waals surface area contributed by atoms with Gasteiger partial charge in [-0.1, -0.05) is 30.3 Å². The van der Waals surface area contributed by atoms with E-state index >= 15 is 0 Å². The maximum absolute atomic E-state index is 11.4. The molecule has 84 valence electrons. The Morgan fingerprint density at radius 1 is 1.12 bits per heavy atom. The van der Waals surface area contributed by atoms with Crippen LogP contribution in [0.25, 0.3) is 5.57 Å². The Morgan fingerprint density at radius 3 is 2.47 bits per heavy atom. The van der Waals surface area contributed by atoms with Gasteiger partial charge in [-0.25, -0.2) is 4.99 Å². The Morgan fingerprint density at radius 2 is 1.82 bits per heavy atom. The third-order valence-corrected chi connectivity index (χ3v) is 2.33. The molecule has 0 bridgehead atoms. The minimum absolute atomic E-state index is 0.0913. The van der Waals surface area contributed by atoms with Crippen molar-refractivity contribution in [2.24, 2.45) is 4.99 Å². The summed E-state index contributed by atoms with van der Waals surface area (Å²) in [5.41, 5.74) is 2.10. The predicted octanol–water partition coefficient (Wildman–Crippen LogP) is 2.20. The quantitative estimate of drug-likeness (QED) is 0.688. The second-order valence-electron chi connectivity index (χ2n) is 3.68. The van der Waals surface area contributed by atoms with Crippen LogP contribution in [0.2, 0.25) is 0 Å². The molecule has 0 saturated heterocycles. The van der Waals surface area contributed by atoms with Crippen molar-refractivity contribution in [3.63, 3.8) is 0 Å². The fraction of sp³-hybridized carbons (Fsp3) is 0.0714. The molecule has 0 fully saturated rings. The van der Waals surface area contributed by atoms with E-state index < -0.39 is 0 Å². The second kappa shape index (κ2) is 4.70. The Labute approximate surface area is 99.2 Å². The van der Waals surface area contributed by atoms with Gasteiger partial charge in [-0.3, -0.25) is 9.59 Å². The minimum atomic E-state index is -0.277. The van der Waals surface area contributed by atoms with E-state index in [0.717, 1.165) is 5.56 Å². The Kier molecular flexibility index (Phi) is 3.10. The lowest BCUT2D eigenvalue weighted by Gasteiger charge is -2.10. The van der Waals surface area contributed by atoms with Crippen LogP contribution < -0.4 is 0 Å². The van der Waals surface area contributed by atoms with Crippen LogP contribution in [-0.2, 0) is 9.59 Å². The molecule has 3 nitrogen and oxygen atoms in total. The van der Waals surface area contributed by atoms with Crippen molar-refractivity contribution >= 4 is 23.0 Å². The van der Waals surface area contributed by atoms with Gasteiger partial charge in [-0.15, -0.1) is 0 Å². The monoisotopic (exact) mass is 225 g/mol. The Bertz CT molecular complexity index is 551. The fourth-order valence-corrected chi connectivity index (χ4v) is 1.63. The molecule has 0 aromatic heterocycles. The third kappa shape index (κ3) is 2.64. The highest BCUT2D eigenvalue weighted by Gasteiger charge is 2.13. The van der Waals surface area contributed by atoms with Gasteiger partial charge in [-0.2, -0.15) is 0 Å². The lowest BCUT2D eigenvalue weighted by atomic mass is 9.95. The molecule has 0 aliphatic heterocycles. The number of allylic oxidation sites excluding steroid dienone is 4. The minimum Gasteiger partial charge on any atom is -0.290 e. The van der Waals surface area contributed by atoms with Crippen LogP contribution in [0.15, 0.2) is 53.6 Å². The molecule has 0 unspecified atom stereocenters. The number of hydrogen-bond acceptors (Lipinski definition) is 2. The van der Waals surface area contributed by atoms with Crippen molar-refractivity contribution in [2.75, 3.05) is 0 Å². The van der Waals surface area contributed by atoms with Crippen LogP contribution in [0.1, 0.15) is 12.5 Å². The zero-order valence-corrected chi connectivity index (χ0v) is 9.38. The van der Waals surface area contributed by atoms with Gasteiger partial charge in [0.15, 0.2) is 5.78 Å². The smallest absolute Gasteiger partial charge is 0.243 e. The summed E-state index contributed by atoms with van der Waals surface area (Å²) >= 11 is 0. The molecule has 0 saturated carbocycles. The van der Waals surface area contributed by atoms with Crippen molar-refractivity contribution in [2.45, 2.75) is 6.92 Å². The lowest BCUT2D eigenvalue weighted by molar-refractivity contribution is -0.115. The summed E-state index contributed by atoms with van der Waals surface area (Å²) in [5, 5.41) is 0. The van der Waals surface area contributed by atoms with Gasteiger partial charge >= 0.3 is 0 Å². The highest BCUT2D eigenvalue weighted by Crippen LogP contribution is 2.20. The van der Waals surface area contributed by atoms with Crippen LogP contribution in [-0.4, -0.2) is 17.4 Å². The topological polar surface area (TPSA) is 46.5 Å². The Hall–Kier alpha value is -2.29. The van der Waals surface area contributed by atoms with E-state index in [1.165, 1.54) is 19.1 Å². The van der Waals surface area contributed by atoms with E-state index in [9.17, 15) is 9.59 Å². The maximum Gasteiger partial charge on any atom is 0.243 e. The molecular weight excluding hydrogens is 214 g/mol. The summed E-state index contributed by atoms with van der Waals surface area (Å²) in [6.07, 6.45) is 4.48. The molecule has 0 atom stereocenters. The van der Waals surface area contributed by atoms with E-state index in [0.29, 0.717) is 11.3 Å². The number of carbonyl (C=O) groups excluding carboxylic acids is 2. The fourth-order valence-electron chi connectivity index (χ4n) is 1.63. The van der Waals surface area contributed by atoms with Gasteiger partial charge in [-0.05, 0) is 23.8 Å². The van der Waals surface area contributed by atoms with E-state index in [2.05, 4.69) is 4.99 Å². The number of carbonyl (C=O) groups is 2. The number of aliphatic imine (C=N–C) groups is 1. The average Bonchev–Trinajstić information content (AvgIpc) is 2.32. The standard InChI is InChI=1S/C14H11NO2/c1-10(16)15-14-8-7-12(17)9-13(14)11-5-3-2-4-6-11/h2-9H,1H3. The molecule has 1 aliphatic rings. The first-order valence-electron chi connectivity index (χ1n) is 5.25. The average molecular weight is 225 g/mol. The molecular formula is C14H11NO2. The summed E-state index contributed by atoms with van der Waals surface area (Å²) in [6, 6.07) is 9.42. The lowest BCUT2D eigenvalue weighted by Crippen LogP contribution is -2.08. The molecule has 0 spiro atoms. The van der Waals surface area contributed by atoms with E-state index in [1.54, 1.807) is 6.08 Å². The molecule has 0 N–H and O–H groups in total. The van der Waals surface area contributed by atoms with Gasteiger partial charge in [0.25, 0.3) is 0 Å². The first-order valence-corrected chi connectivity index (χ1v) is 5.25. The largest absolute Gasteiger partial charge is 0.290 e. The number of ketones is 1. The first-order chi connectivity index (χ1) is 8.16. The summed E-state index contributed by atoms with van der Waals surface area (Å²) in [5.74, 6) is -0.368. The summed E-state index contributed by atoms with van der Waals surface area (Å²) < 4.78 is 0. The highest BCUT2D eigenvalue weighted by atomic mass is 16.1. The summed E-state index contributed by atoms with van der Waals surface area (Å²) in [4.78, 5) is 26.3. The third-order valence-electron chi connectivity index (χ3n) is 2.33. The molecule has 2 rings (SSSR count). The van der Waals surface area contributed by atoms with Gasteiger partial charge < -0.3 is 0 Å². The number of benzene rings is 1. The van der Waals surface area contributed by atoms with Gasteiger partial charge in [0.05, 0.1) is 5.71 Å². The van der Waals surface area contributed by atoms with Crippen molar-refractivity contribution in [1.82, 2.24) is 0 Å². The maximum atomic E-state index is 11.4. The molecule has 1 aromatic carbocycles. The van der Waals surface area contributed by atoms with E-state index in [1.807, 2.05) is 30.3 Å². The molecule has 3 heteroatoms. The van der Waals surface area contributed by atoms with Gasteiger partial charge in [0, 0.05) is 12.5 Å². The number of amides is 1. The van der Waals surface area contributed by atoms with Crippen LogP contribution in [0.3, 0.4) is 0 Å². The van der Waals surface area contributed by atoms with E-state index in [4.69, 9.17) is 0 Å². The van der Waals surface area contributed by atoms with Crippen LogP contribution >= 0.6 is 0 Å². The molecule has 0 radical (unpaired) electrons. The molecule has 0 heterocycles. The van der Waals surface area contributed by atoms with Crippen LogP contribution in [0.5, 0.6) is 0 Å². The van der Waals surface area contributed by atoms with Crippen molar-refractivity contribution in [3.05, 3.63) is 54.1 Å².